The average molecular weight is 286 g/mol. The van der Waals surface area contributed by atoms with Gasteiger partial charge in [-0.05, 0) is 40.9 Å². The van der Waals surface area contributed by atoms with E-state index in [4.69, 9.17) is 4.74 Å². The number of halogens is 2. The number of benzene rings is 1. The molecule has 0 unspecified atom stereocenters. The van der Waals surface area contributed by atoms with Crippen LogP contribution in [0.5, 0.6) is 5.75 Å². The van der Waals surface area contributed by atoms with Crippen LogP contribution in [-0.4, -0.2) is 13.2 Å². The monoisotopic (exact) mass is 285 g/mol. The van der Waals surface area contributed by atoms with Crippen molar-refractivity contribution in [3.63, 3.8) is 0 Å². The van der Waals surface area contributed by atoms with E-state index in [-0.39, 0.29) is 0 Å². The van der Waals surface area contributed by atoms with Crippen LogP contribution in [0.2, 0.25) is 0 Å². The van der Waals surface area contributed by atoms with Crippen molar-refractivity contribution < 1.29 is 13.9 Å². The number of nitrogens with zero attached hydrogens (tertiary/aromatic N) is 1. The maximum absolute atomic E-state index is 13.8. The number of hydrogen-bond acceptors (Lipinski definition) is 3. The zero-order chi connectivity index (χ0) is 11.8. The molecular weight excluding hydrogens is 277 g/mol. The van der Waals surface area contributed by atoms with Crippen molar-refractivity contribution in [3.8, 4) is 5.75 Å². The second-order valence-electron chi connectivity index (χ2n) is 3.67. The zero-order valence-corrected chi connectivity index (χ0v) is 10.2. The van der Waals surface area contributed by atoms with E-state index in [1.165, 1.54) is 19.3 Å². The molecule has 0 saturated heterocycles. The van der Waals surface area contributed by atoms with Gasteiger partial charge in [-0.1, -0.05) is 0 Å². The standard InChI is InChI=1S/C11H9BrFNO2/c1-16-10-7(12)2-3-8(13)9(10)11(4-5-11)14-6-15/h2-3H,4-5H2,1H3. The van der Waals surface area contributed by atoms with Crippen molar-refractivity contribution in [1.82, 2.24) is 0 Å². The molecule has 0 N–H and O–H groups in total. The number of hydrogen-bond donors (Lipinski definition) is 0. The highest BCUT2D eigenvalue weighted by atomic mass is 79.9. The molecule has 0 radical (unpaired) electrons. The molecule has 1 aromatic carbocycles. The normalized spacial score (nSPS) is 16.4. The predicted octanol–water partition coefficient (Wildman–Crippen LogP) is 2.92. The summed E-state index contributed by atoms with van der Waals surface area (Å²) in [7, 11) is 1.46. The molecule has 1 aliphatic carbocycles. The Morgan fingerprint density at radius 3 is 2.75 bits per heavy atom. The third kappa shape index (κ3) is 1.66. The molecular formula is C11H9BrFNO2. The fraction of sp³-hybridized carbons (Fsp3) is 0.364. The molecule has 0 atom stereocenters. The van der Waals surface area contributed by atoms with Crippen LogP contribution < -0.4 is 4.74 Å². The molecule has 0 aliphatic heterocycles. The quantitative estimate of drug-likeness (QED) is 0.633. The van der Waals surface area contributed by atoms with Crippen LogP contribution in [0.15, 0.2) is 21.6 Å². The molecule has 0 spiro atoms. The van der Waals surface area contributed by atoms with Gasteiger partial charge < -0.3 is 4.74 Å². The van der Waals surface area contributed by atoms with Gasteiger partial charge in [-0.2, -0.15) is 4.99 Å². The van der Waals surface area contributed by atoms with Crippen LogP contribution in [0.3, 0.4) is 0 Å². The Balaban J connectivity index is 2.63. The summed E-state index contributed by atoms with van der Waals surface area (Å²) in [6.07, 6.45) is 2.79. The van der Waals surface area contributed by atoms with Gasteiger partial charge in [-0.3, -0.25) is 0 Å². The topological polar surface area (TPSA) is 38.7 Å². The van der Waals surface area contributed by atoms with Gasteiger partial charge in [-0.25, -0.2) is 9.18 Å². The molecule has 84 valence electrons. The Morgan fingerprint density at radius 2 is 2.25 bits per heavy atom. The predicted molar refractivity (Wildman–Crippen MR) is 59.7 cm³/mol. The van der Waals surface area contributed by atoms with E-state index in [0.29, 0.717) is 28.6 Å². The molecule has 0 amide bonds. The summed E-state index contributed by atoms with van der Waals surface area (Å²) in [6.45, 7) is 0. The summed E-state index contributed by atoms with van der Waals surface area (Å²) < 4.78 is 19.6. The molecule has 0 aromatic heterocycles. The number of ether oxygens (including phenoxy) is 1. The van der Waals surface area contributed by atoms with Crippen molar-refractivity contribution in [2.75, 3.05) is 7.11 Å². The van der Waals surface area contributed by atoms with E-state index in [2.05, 4.69) is 20.9 Å². The van der Waals surface area contributed by atoms with Gasteiger partial charge in [0.05, 0.1) is 17.1 Å². The molecule has 0 bridgehead atoms. The van der Waals surface area contributed by atoms with E-state index >= 15 is 0 Å². The zero-order valence-electron chi connectivity index (χ0n) is 8.59. The lowest BCUT2D eigenvalue weighted by molar-refractivity contribution is 0.394. The van der Waals surface area contributed by atoms with Crippen LogP contribution in [-0.2, 0) is 10.3 Å². The highest BCUT2D eigenvalue weighted by Gasteiger charge is 2.49. The van der Waals surface area contributed by atoms with Gasteiger partial charge in [0.15, 0.2) is 0 Å². The lowest BCUT2D eigenvalue weighted by Gasteiger charge is -2.15. The first kappa shape index (κ1) is 11.3. The lowest BCUT2D eigenvalue weighted by Crippen LogP contribution is -2.08. The largest absolute Gasteiger partial charge is 0.495 e. The molecule has 3 nitrogen and oxygen atoms in total. The SMILES string of the molecule is COc1c(Br)ccc(F)c1C1(N=C=O)CC1. The smallest absolute Gasteiger partial charge is 0.235 e. The first-order valence-corrected chi connectivity index (χ1v) is 5.55. The second-order valence-corrected chi connectivity index (χ2v) is 4.53. The Hall–Kier alpha value is -1.19. The van der Waals surface area contributed by atoms with Gasteiger partial charge >= 0.3 is 0 Å². The van der Waals surface area contributed by atoms with Crippen molar-refractivity contribution in [2.24, 2.45) is 4.99 Å². The van der Waals surface area contributed by atoms with Crippen LogP contribution in [0.4, 0.5) is 4.39 Å². The first-order valence-electron chi connectivity index (χ1n) is 4.76. The first-order chi connectivity index (χ1) is 7.64. The fourth-order valence-corrected chi connectivity index (χ4v) is 2.28. The Labute approximate surface area is 100 Å². The van der Waals surface area contributed by atoms with Gasteiger partial charge in [-0.15, -0.1) is 0 Å². The third-order valence-corrected chi connectivity index (χ3v) is 3.34. The molecule has 0 heterocycles. The average Bonchev–Trinajstić information content (AvgIpc) is 3.02. The van der Waals surface area contributed by atoms with Crippen LogP contribution >= 0.6 is 15.9 Å². The van der Waals surface area contributed by atoms with E-state index in [9.17, 15) is 9.18 Å². The van der Waals surface area contributed by atoms with Crippen molar-refractivity contribution in [2.45, 2.75) is 18.4 Å². The fourth-order valence-electron chi connectivity index (χ4n) is 1.79. The number of carbonyl (C=O) groups excluding carboxylic acids is 1. The number of methoxy groups -OCH3 is 1. The summed E-state index contributed by atoms with van der Waals surface area (Å²) in [5.74, 6) is -0.00644. The lowest BCUT2D eigenvalue weighted by atomic mass is 10.0. The minimum atomic E-state index is -0.763. The number of rotatable bonds is 3. The maximum Gasteiger partial charge on any atom is 0.235 e. The van der Waals surface area contributed by atoms with Crippen LogP contribution in [0.25, 0.3) is 0 Å². The molecule has 5 heteroatoms. The van der Waals surface area contributed by atoms with Gasteiger partial charge in [0.1, 0.15) is 17.1 Å². The maximum atomic E-state index is 13.8. The van der Waals surface area contributed by atoms with Crippen LogP contribution in [0, 0.1) is 5.82 Å². The Bertz CT molecular complexity index is 479. The summed E-state index contributed by atoms with van der Waals surface area (Å²) >= 11 is 3.28. The van der Waals surface area contributed by atoms with Gasteiger partial charge in [0, 0.05) is 0 Å². The second kappa shape index (κ2) is 4.00. The minimum Gasteiger partial charge on any atom is -0.495 e. The molecule has 1 aliphatic rings. The minimum absolute atomic E-state index is 0.340. The van der Waals surface area contributed by atoms with E-state index in [1.54, 1.807) is 6.07 Å². The Morgan fingerprint density at radius 1 is 1.56 bits per heavy atom. The van der Waals surface area contributed by atoms with Crippen molar-refractivity contribution in [1.29, 1.82) is 0 Å². The number of aliphatic imine (C=N–C) groups is 1. The van der Waals surface area contributed by atoms with E-state index in [0.717, 1.165) is 0 Å². The van der Waals surface area contributed by atoms with E-state index < -0.39 is 11.4 Å². The molecule has 1 fully saturated rings. The summed E-state index contributed by atoms with van der Waals surface area (Å²) in [4.78, 5) is 14.1. The van der Waals surface area contributed by atoms with Crippen molar-refractivity contribution >= 4 is 22.0 Å². The summed E-state index contributed by atoms with van der Waals surface area (Å²) in [5, 5.41) is 0. The molecule has 16 heavy (non-hydrogen) atoms. The summed E-state index contributed by atoms with van der Waals surface area (Å²) in [5.41, 5.74) is -0.422. The van der Waals surface area contributed by atoms with Gasteiger partial charge in [0.2, 0.25) is 6.08 Å². The highest BCUT2D eigenvalue weighted by Crippen LogP contribution is 2.54. The molecule has 1 saturated carbocycles. The van der Waals surface area contributed by atoms with Crippen LogP contribution in [0.1, 0.15) is 18.4 Å². The third-order valence-electron chi connectivity index (χ3n) is 2.71. The van der Waals surface area contributed by atoms with Crippen molar-refractivity contribution in [3.05, 3.63) is 28.0 Å². The summed E-state index contributed by atoms with van der Waals surface area (Å²) in [6, 6.07) is 2.90. The number of isocyanates is 1. The molecule has 1 aromatic rings. The Kier molecular flexibility index (Phi) is 2.82. The van der Waals surface area contributed by atoms with E-state index in [1.807, 2.05) is 0 Å². The van der Waals surface area contributed by atoms with Gasteiger partial charge in [0.25, 0.3) is 0 Å². The molecule has 2 rings (SSSR count). The highest BCUT2D eigenvalue weighted by molar-refractivity contribution is 9.10.